The first-order chi connectivity index (χ1) is 16.6. The SMILES string of the molecule is CC(C)CN=C(NC(=O)c1ccc(F)c(F)c1)NC1NNC23CCCCC(C)C12CC(F)C(Cl)C3. The average Bonchev–Trinajstić information content (AvgIpc) is 3.03. The zero-order chi connectivity index (χ0) is 25.4. The second kappa shape index (κ2) is 10.3. The Bertz CT molecular complexity index is 978. The van der Waals surface area contributed by atoms with Gasteiger partial charge < -0.3 is 5.32 Å². The lowest BCUT2D eigenvalue weighted by Crippen LogP contribution is -2.65. The summed E-state index contributed by atoms with van der Waals surface area (Å²) >= 11 is 6.44. The summed E-state index contributed by atoms with van der Waals surface area (Å²) in [7, 11) is 0. The van der Waals surface area contributed by atoms with Crippen LogP contribution in [0, 0.1) is 28.9 Å². The number of hydrazine groups is 1. The Hall–Kier alpha value is -1.84. The van der Waals surface area contributed by atoms with Crippen LogP contribution < -0.4 is 21.5 Å². The minimum Gasteiger partial charge on any atom is -0.339 e. The van der Waals surface area contributed by atoms with Gasteiger partial charge in [-0.2, -0.15) is 0 Å². The van der Waals surface area contributed by atoms with E-state index in [1.54, 1.807) is 0 Å². The van der Waals surface area contributed by atoms with Gasteiger partial charge in [0.2, 0.25) is 0 Å². The quantitative estimate of drug-likeness (QED) is 0.273. The summed E-state index contributed by atoms with van der Waals surface area (Å²) in [4.78, 5) is 17.4. The highest BCUT2D eigenvalue weighted by Crippen LogP contribution is 2.59. The number of alkyl halides is 2. The fraction of sp³-hybridized carbons (Fsp3) is 0.680. The van der Waals surface area contributed by atoms with Crippen molar-refractivity contribution in [3.05, 3.63) is 35.4 Å². The van der Waals surface area contributed by atoms with Gasteiger partial charge >= 0.3 is 0 Å². The maximum atomic E-state index is 15.2. The molecule has 3 fully saturated rings. The predicted octanol–water partition coefficient (Wildman–Crippen LogP) is 4.40. The highest BCUT2D eigenvalue weighted by Gasteiger charge is 2.67. The normalized spacial score (nSPS) is 35.3. The van der Waals surface area contributed by atoms with E-state index >= 15 is 4.39 Å². The molecule has 35 heavy (non-hydrogen) atoms. The van der Waals surface area contributed by atoms with Crippen molar-refractivity contribution < 1.29 is 18.0 Å². The van der Waals surface area contributed by atoms with Crippen molar-refractivity contribution in [3.8, 4) is 0 Å². The summed E-state index contributed by atoms with van der Waals surface area (Å²) in [6.45, 7) is 6.60. The molecule has 1 heterocycles. The Morgan fingerprint density at radius 3 is 2.74 bits per heavy atom. The van der Waals surface area contributed by atoms with Gasteiger partial charge in [0.05, 0.1) is 11.5 Å². The van der Waals surface area contributed by atoms with E-state index in [2.05, 4.69) is 33.4 Å². The molecular formula is C25H35ClF3N5O. The van der Waals surface area contributed by atoms with Crippen LogP contribution in [0.1, 0.15) is 69.7 Å². The second-order valence-electron chi connectivity index (χ2n) is 10.7. The molecule has 194 valence electrons. The van der Waals surface area contributed by atoms with Gasteiger partial charge in [0, 0.05) is 23.1 Å². The summed E-state index contributed by atoms with van der Waals surface area (Å²) in [5, 5.41) is 5.50. The van der Waals surface area contributed by atoms with Gasteiger partial charge in [0.15, 0.2) is 17.6 Å². The lowest BCUT2D eigenvalue weighted by molar-refractivity contribution is -0.0250. The lowest BCUT2D eigenvalue weighted by atomic mass is 9.54. The fourth-order valence-corrected chi connectivity index (χ4v) is 6.55. The monoisotopic (exact) mass is 513 g/mol. The van der Waals surface area contributed by atoms with Crippen molar-refractivity contribution in [3.63, 3.8) is 0 Å². The molecule has 2 aliphatic carbocycles. The first-order valence-corrected chi connectivity index (χ1v) is 12.9. The van der Waals surface area contributed by atoms with Crippen LogP contribution in [0.25, 0.3) is 0 Å². The molecule has 4 N–H and O–H groups in total. The second-order valence-corrected chi connectivity index (χ2v) is 11.3. The molecule has 0 aromatic heterocycles. The average molecular weight is 514 g/mol. The number of aliphatic imine (C=N–C) groups is 1. The van der Waals surface area contributed by atoms with E-state index in [0.717, 1.165) is 37.8 Å². The minimum absolute atomic E-state index is 0.0257. The third kappa shape index (κ3) is 4.91. The van der Waals surface area contributed by atoms with Crippen molar-refractivity contribution in [2.75, 3.05) is 6.54 Å². The molecule has 1 saturated heterocycles. The van der Waals surface area contributed by atoms with E-state index in [9.17, 15) is 13.6 Å². The summed E-state index contributed by atoms with van der Waals surface area (Å²) in [5.74, 6) is -2.13. The van der Waals surface area contributed by atoms with Gasteiger partial charge in [-0.05, 0) is 55.7 Å². The van der Waals surface area contributed by atoms with Crippen molar-refractivity contribution in [2.45, 2.75) is 82.5 Å². The predicted molar refractivity (Wildman–Crippen MR) is 131 cm³/mol. The standard InChI is InChI=1S/C25H35ClF3N5O/c1-14(2)13-30-23(31-21(35)16-7-8-18(27)19(28)10-16)32-22-25-12-20(29)17(26)11-24(25,34-33-22)9-5-4-6-15(25)3/h7-8,10,14-15,17,20,22,33-34H,4-6,9,11-13H2,1-3H3,(H2,30,31,32,35). The van der Waals surface area contributed by atoms with E-state index in [4.69, 9.17) is 11.6 Å². The summed E-state index contributed by atoms with van der Waals surface area (Å²) in [6, 6.07) is 2.99. The van der Waals surface area contributed by atoms with Crippen molar-refractivity contribution in [1.82, 2.24) is 21.5 Å². The molecule has 0 radical (unpaired) electrons. The number of nitrogens with zero attached hydrogens (tertiary/aromatic N) is 1. The Kier molecular flexibility index (Phi) is 7.69. The number of benzene rings is 1. The number of nitrogens with one attached hydrogen (secondary N) is 4. The van der Waals surface area contributed by atoms with Gasteiger partial charge in [-0.25, -0.2) is 24.0 Å². The van der Waals surface area contributed by atoms with Gasteiger partial charge in [-0.1, -0.05) is 33.6 Å². The van der Waals surface area contributed by atoms with Crippen LogP contribution in [0.2, 0.25) is 0 Å². The lowest BCUT2D eigenvalue weighted by Gasteiger charge is -2.54. The number of carbonyl (C=O) groups is 1. The van der Waals surface area contributed by atoms with Gasteiger partial charge in [0.25, 0.3) is 5.91 Å². The van der Waals surface area contributed by atoms with E-state index in [-0.39, 0.29) is 35.3 Å². The van der Waals surface area contributed by atoms with Gasteiger partial charge in [-0.3, -0.25) is 15.1 Å². The molecule has 1 amide bonds. The zero-order valence-corrected chi connectivity index (χ0v) is 21.2. The molecule has 0 spiro atoms. The van der Waals surface area contributed by atoms with E-state index < -0.39 is 40.7 Å². The first-order valence-electron chi connectivity index (χ1n) is 12.5. The van der Waals surface area contributed by atoms with E-state index in [0.29, 0.717) is 13.0 Å². The number of halogens is 4. The Morgan fingerprint density at radius 1 is 1.26 bits per heavy atom. The van der Waals surface area contributed by atoms with Crippen molar-refractivity contribution in [1.29, 1.82) is 0 Å². The van der Waals surface area contributed by atoms with Crippen molar-refractivity contribution in [2.24, 2.45) is 22.2 Å². The van der Waals surface area contributed by atoms with Crippen LogP contribution in [-0.2, 0) is 0 Å². The molecule has 1 aromatic rings. The molecule has 1 aliphatic heterocycles. The largest absolute Gasteiger partial charge is 0.339 e. The fourth-order valence-electron chi connectivity index (χ4n) is 6.20. The number of guanidine groups is 1. The van der Waals surface area contributed by atoms with Gasteiger partial charge in [0.1, 0.15) is 6.17 Å². The maximum absolute atomic E-state index is 15.2. The molecule has 6 unspecified atom stereocenters. The number of carbonyl (C=O) groups excluding carboxylic acids is 1. The van der Waals surface area contributed by atoms with E-state index in [1.165, 1.54) is 6.07 Å². The Balaban J connectivity index is 1.63. The molecule has 3 aliphatic rings. The van der Waals surface area contributed by atoms with Crippen LogP contribution in [0.15, 0.2) is 23.2 Å². The van der Waals surface area contributed by atoms with Crippen LogP contribution in [0.4, 0.5) is 13.2 Å². The smallest absolute Gasteiger partial charge is 0.258 e. The molecule has 2 saturated carbocycles. The molecule has 0 bridgehead atoms. The minimum atomic E-state index is -1.15. The first kappa shape index (κ1) is 26.2. The number of hydrogen-bond donors (Lipinski definition) is 4. The van der Waals surface area contributed by atoms with Crippen LogP contribution >= 0.6 is 11.6 Å². The third-order valence-corrected chi connectivity index (χ3v) is 8.44. The zero-order valence-electron chi connectivity index (χ0n) is 20.4. The number of hydrogen-bond acceptors (Lipinski definition) is 4. The van der Waals surface area contributed by atoms with E-state index in [1.807, 2.05) is 13.8 Å². The molecular weight excluding hydrogens is 479 g/mol. The topological polar surface area (TPSA) is 77.5 Å². The molecule has 6 nitrogen and oxygen atoms in total. The maximum Gasteiger partial charge on any atom is 0.258 e. The number of amides is 1. The molecule has 10 heteroatoms. The molecule has 6 atom stereocenters. The van der Waals surface area contributed by atoms with Crippen molar-refractivity contribution >= 4 is 23.5 Å². The number of rotatable bonds is 4. The van der Waals surface area contributed by atoms with Crippen LogP contribution in [0.5, 0.6) is 0 Å². The molecule has 4 rings (SSSR count). The highest BCUT2D eigenvalue weighted by atomic mass is 35.5. The van der Waals surface area contributed by atoms with Crippen LogP contribution in [-0.4, -0.2) is 41.7 Å². The summed E-state index contributed by atoms with van der Waals surface area (Å²) in [6.07, 6.45) is 3.14. The summed E-state index contributed by atoms with van der Waals surface area (Å²) in [5.41, 5.74) is 5.91. The summed E-state index contributed by atoms with van der Waals surface area (Å²) < 4.78 is 42.2. The van der Waals surface area contributed by atoms with Crippen LogP contribution in [0.3, 0.4) is 0 Å². The Labute approximate surface area is 209 Å². The van der Waals surface area contributed by atoms with Gasteiger partial charge in [-0.15, -0.1) is 11.6 Å². The molecule has 1 aromatic carbocycles. The third-order valence-electron chi connectivity index (χ3n) is 8.01. The highest BCUT2D eigenvalue weighted by molar-refractivity contribution is 6.21. The Morgan fingerprint density at radius 2 is 2.03 bits per heavy atom.